The Morgan fingerprint density at radius 3 is 2.67 bits per heavy atom. The number of benzene rings is 1. The second-order valence-corrected chi connectivity index (χ2v) is 3.43. The van der Waals surface area contributed by atoms with Crippen LogP contribution in [-0.4, -0.2) is 12.6 Å². The Bertz CT molecular complexity index is 495. The Balaban J connectivity index is 3.10. The van der Waals surface area contributed by atoms with Crippen LogP contribution in [0.1, 0.15) is 30.0 Å². The number of rotatable bonds is 4. The minimum Gasteiger partial charge on any atom is -0.466 e. The van der Waals surface area contributed by atoms with E-state index in [1.54, 1.807) is 13.0 Å². The predicted octanol–water partition coefficient (Wildman–Crippen LogP) is 2.74. The van der Waals surface area contributed by atoms with Crippen LogP contribution in [0.3, 0.4) is 0 Å². The monoisotopic (exact) mass is 257 g/mol. The van der Waals surface area contributed by atoms with Gasteiger partial charge in [-0.15, -0.1) is 0 Å². The van der Waals surface area contributed by atoms with Crippen LogP contribution >= 0.6 is 0 Å². The van der Waals surface area contributed by atoms with Gasteiger partial charge in [0, 0.05) is 0 Å². The Morgan fingerprint density at radius 2 is 2.17 bits per heavy atom. The Labute approximate surface area is 102 Å². The van der Waals surface area contributed by atoms with E-state index in [0.29, 0.717) is 0 Å². The van der Waals surface area contributed by atoms with E-state index in [0.717, 1.165) is 12.1 Å². The maximum absolute atomic E-state index is 13.3. The molecule has 0 aliphatic carbocycles. The normalized spacial score (nSPS) is 10.2. The maximum atomic E-state index is 13.3. The van der Waals surface area contributed by atoms with Gasteiger partial charge in [0.1, 0.15) is 5.82 Å². The average molecular weight is 257 g/mol. The maximum Gasteiger partial charge on any atom is 0.310 e. The van der Waals surface area contributed by atoms with E-state index in [9.17, 15) is 18.0 Å². The van der Waals surface area contributed by atoms with Crippen molar-refractivity contribution in [2.45, 2.75) is 19.8 Å². The van der Waals surface area contributed by atoms with Crippen molar-refractivity contribution >= 4 is 5.97 Å². The lowest BCUT2D eigenvalue weighted by Crippen LogP contribution is -2.09. The fraction of sp³-hybridized carbons (Fsp3) is 0.333. The number of carbonyl (C=O) groups is 1. The second-order valence-electron chi connectivity index (χ2n) is 3.43. The van der Waals surface area contributed by atoms with Crippen molar-refractivity contribution in [1.82, 2.24) is 0 Å². The lowest BCUT2D eigenvalue weighted by Gasteiger charge is -2.08. The molecule has 0 atom stereocenters. The molecule has 0 spiro atoms. The van der Waals surface area contributed by atoms with Crippen LogP contribution in [0, 0.1) is 17.1 Å². The standard InChI is InChI=1S/C12H10F3NO2/c1-2-18-11(17)5-7-4-10(13)9(12(14)15)3-8(7)6-16/h3-4,12H,2,5H2,1H3. The van der Waals surface area contributed by atoms with Crippen molar-refractivity contribution in [2.24, 2.45) is 0 Å². The zero-order chi connectivity index (χ0) is 13.7. The fourth-order valence-corrected chi connectivity index (χ4v) is 1.42. The highest BCUT2D eigenvalue weighted by Gasteiger charge is 2.18. The van der Waals surface area contributed by atoms with Crippen molar-refractivity contribution in [3.63, 3.8) is 0 Å². The summed E-state index contributed by atoms with van der Waals surface area (Å²) in [7, 11) is 0. The molecule has 0 saturated heterocycles. The molecule has 3 nitrogen and oxygen atoms in total. The first kappa shape index (κ1) is 14.0. The summed E-state index contributed by atoms with van der Waals surface area (Å²) in [5.41, 5.74) is -0.961. The van der Waals surface area contributed by atoms with Gasteiger partial charge in [0.2, 0.25) is 0 Å². The smallest absolute Gasteiger partial charge is 0.310 e. The molecule has 0 fully saturated rings. The van der Waals surface area contributed by atoms with Gasteiger partial charge >= 0.3 is 5.97 Å². The molecule has 1 aromatic rings. The number of halogens is 3. The first-order valence-corrected chi connectivity index (χ1v) is 5.15. The summed E-state index contributed by atoms with van der Waals surface area (Å²) in [5, 5.41) is 8.79. The van der Waals surface area contributed by atoms with Crippen molar-refractivity contribution in [1.29, 1.82) is 5.26 Å². The Morgan fingerprint density at radius 1 is 1.50 bits per heavy atom. The van der Waals surface area contributed by atoms with Gasteiger partial charge in [0.25, 0.3) is 6.43 Å². The summed E-state index contributed by atoms with van der Waals surface area (Å²) in [6, 6.07) is 3.19. The number of ether oxygens (including phenoxy) is 1. The molecule has 0 amide bonds. The van der Waals surface area contributed by atoms with Crippen LogP contribution in [0.2, 0.25) is 0 Å². The molecular formula is C12H10F3NO2. The molecule has 0 radical (unpaired) electrons. The van der Waals surface area contributed by atoms with E-state index >= 15 is 0 Å². The summed E-state index contributed by atoms with van der Waals surface area (Å²) in [6.07, 6.45) is -3.33. The fourth-order valence-electron chi connectivity index (χ4n) is 1.42. The van der Waals surface area contributed by atoms with Crippen LogP contribution in [0.5, 0.6) is 0 Å². The van der Waals surface area contributed by atoms with Crippen molar-refractivity contribution < 1.29 is 22.7 Å². The molecule has 0 unspecified atom stereocenters. The quantitative estimate of drug-likeness (QED) is 0.779. The minimum atomic E-state index is -3.01. The molecule has 0 aliphatic heterocycles. The molecule has 18 heavy (non-hydrogen) atoms. The summed E-state index contributed by atoms with van der Waals surface area (Å²) < 4.78 is 42.8. The molecule has 0 bridgehead atoms. The van der Waals surface area contributed by atoms with Gasteiger partial charge in [-0.2, -0.15) is 5.26 Å². The van der Waals surface area contributed by atoms with Gasteiger partial charge in [-0.3, -0.25) is 4.79 Å². The number of hydrogen-bond acceptors (Lipinski definition) is 3. The average Bonchev–Trinajstić information content (AvgIpc) is 2.29. The predicted molar refractivity (Wildman–Crippen MR) is 56.4 cm³/mol. The Hall–Kier alpha value is -2.03. The van der Waals surface area contributed by atoms with Gasteiger partial charge in [0.05, 0.1) is 30.2 Å². The molecular weight excluding hydrogens is 247 g/mol. The van der Waals surface area contributed by atoms with E-state index in [1.165, 1.54) is 0 Å². The molecule has 6 heteroatoms. The molecule has 0 heterocycles. The van der Waals surface area contributed by atoms with Gasteiger partial charge in [-0.1, -0.05) is 0 Å². The number of nitrogens with zero attached hydrogens (tertiary/aromatic N) is 1. The summed E-state index contributed by atoms with van der Waals surface area (Å²) in [4.78, 5) is 11.2. The third kappa shape index (κ3) is 3.23. The minimum absolute atomic E-state index is 0.0397. The van der Waals surface area contributed by atoms with Crippen LogP contribution in [0.15, 0.2) is 12.1 Å². The molecule has 96 valence electrons. The molecule has 0 aromatic heterocycles. The van der Waals surface area contributed by atoms with E-state index in [4.69, 9.17) is 5.26 Å². The summed E-state index contributed by atoms with van der Waals surface area (Å²) in [5.74, 6) is -1.78. The third-order valence-corrected chi connectivity index (χ3v) is 2.22. The number of esters is 1. The lowest BCUT2D eigenvalue weighted by atomic mass is 10.0. The van der Waals surface area contributed by atoms with Crippen LogP contribution in [0.4, 0.5) is 13.2 Å². The summed E-state index contributed by atoms with van der Waals surface area (Å²) in [6.45, 7) is 1.75. The first-order chi connectivity index (χ1) is 8.49. The molecule has 1 aromatic carbocycles. The van der Waals surface area contributed by atoms with E-state index in [1.807, 2.05) is 0 Å². The Kier molecular flexibility index (Phi) is 4.72. The molecule has 1 rings (SSSR count). The second kappa shape index (κ2) is 6.05. The van der Waals surface area contributed by atoms with Gasteiger partial charge in [0.15, 0.2) is 0 Å². The van der Waals surface area contributed by atoms with E-state index in [2.05, 4.69) is 4.74 Å². The number of hydrogen-bond donors (Lipinski definition) is 0. The van der Waals surface area contributed by atoms with Crippen LogP contribution in [-0.2, 0) is 16.0 Å². The van der Waals surface area contributed by atoms with Crippen LogP contribution in [0.25, 0.3) is 0 Å². The van der Waals surface area contributed by atoms with Crippen molar-refractivity contribution in [3.8, 4) is 6.07 Å². The SMILES string of the molecule is CCOC(=O)Cc1cc(F)c(C(F)F)cc1C#N. The number of carbonyl (C=O) groups excluding carboxylic acids is 1. The van der Waals surface area contributed by atoms with E-state index in [-0.39, 0.29) is 24.2 Å². The number of nitriles is 1. The molecule has 0 N–H and O–H groups in total. The molecule has 0 aliphatic rings. The topological polar surface area (TPSA) is 50.1 Å². The largest absolute Gasteiger partial charge is 0.466 e. The zero-order valence-corrected chi connectivity index (χ0v) is 9.54. The lowest BCUT2D eigenvalue weighted by molar-refractivity contribution is -0.142. The van der Waals surface area contributed by atoms with Gasteiger partial charge in [-0.25, -0.2) is 13.2 Å². The van der Waals surface area contributed by atoms with Crippen LogP contribution < -0.4 is 0 Å². The number of alkyl halides is 2. The van der Waals surface area contributed by atoms with Gasteiger partial charge in [-0.05, 0) is 24.6 Å². The first-order valence-electron chi connectivity index (χ1n) is 5.15. The summed E-state index contributed by atoms with van der Waals surface area (Å²) >= 11 is 0. The highest BCUT2D eigenvalue weighted by atomic mass is 19.3. The highest BCUT2D eigenvalue weighted by Crippen LogP contribution is 2.25. The zero-order valence-electron chi connectivity index (χ0n) is 9.54. The van der Waals surface area contributed by atoms with Crippen molar-refractivity contribution in [3.05, 3.63) is 34.6 Å². The van der Waals surface area contributed by atoms with Crippen molar-refractivity contribution in [2.75, 3.05) is 6.61 Å². The highest BCUT2D eigenvalue weighted by molar-refractivity contribution is 5.73. The van der Waals surface area contributed by atoms with E-state index < -0.39 is 23.8 Å². The molecule has 0 saturated carbocycles. The third-order valence-electron chi connectivity index (χ3n) is 2.22. The van der Waals surface area contributed by atoms with Gasteiger partial charge < -0.3 is 4.74 Å².